The van der Waals surface area contributed by atoms with E-state index in [1.807, 2.05) is 48.5 Å². The molecule has 1 fully saturated rings. The maximum Gasteiger partial charge on any atom is 0.322 e. The lowest BCUT2D eigenvalue weighted by Crippen LogP contribution is -2.45. The molecule has 1 aromatic heterocycles. The van der Waals surface area contributed by atoms with Crippen LogP contribution < -0.4 is 10.6 Å². The quantitative estimate of drug-likeness (QED) is 0.678. The number of carbonyl (C=O) groups is 2. The average Bonchev–Trinajstić information content (AvgIpc) is 3.31. The monoisotopic (exact) mass is 349 g/mol. The molecule has 3 N–H and O–H groups in total. The molecule has 2 heterocycles. The predicted octanol–water partition coefficient (Wildman–Crippen LogP) is 3.20. The molecule has 7 heteroatoms. The first-order valence-electron chi connectivity index (χ1n) is 8.57. The molecule has 2 aromatic carbocycles. The second-order valence-electron chi connectivity index (χ2n) is 6.31. The molecule has 7 nitrogen and oxygen atoms in total. The molecule has 0 saturated carbocycles. The number of fused-ring (bicyclic) bond motifs is 1. The number of aromatic nitrogens is 2. The van der Waals surface area contributed by atoms with Crippen molar-refractivity contribution < 1.29 is 9.59 Å². The number of nitrogens with zero attached hydrogens (tertiary/aromatic N) is 2. The fourth-order valence-corrected chi connectivity index (χ4v) is 3.25. The predicted molar refractivity (Wildman–Crippen MR) is 99.9 cm³/mol. The smallest absolute Gasteiger partial charge is 0.322 e. The zero-order valence-corrected chi connectivity index (χ0v) is 14.1. The van der Waals surface area contributed by atoms with Gasteiger partial charge in [-0.05, 0) is 43.2 Å². The summed E-state index contributed by atoms with van der Waals surface area (Å²) in [5.41, 5.74) is 2.32. The minimum Gasteiger partial charge on any atom is -0.324 e. The lowest BCUT2D eigenvalue weighted by Gasteiger charge is -2.24. The van der Waals surface area contributed by atoms with E-state index >= 15 is 0 Å². The zero-order chi connectivity index (χ0) is 17.9. The molecular formula is C19H19N5O2. The largest absolute Gasteiger partial charge is 0.324 e. The van der Waals surface area contributed by atoms with E-state index in [2.05, 4.69) is 20.8 Å². The molecule has 1 aliphatic heterocycles. The van der Waals surface area contributed by atoms with Gasteiger partial charge < -0.3 is 15.5 Å². The van der Waals surface area contributed by atoms with E-state index in [1.54, 1.807) is 11.1 Å². The van der Waals surface area contributed by atoms with Crippen molar-refractivity contribution in [3.05, 3.63) is 54.7 Å². The fourth-order valence-electron chi connectivity index (χ4n) is 3.25. The highest BCUT2D eigenvalue weighted by Crippen LogP contribution is 2.22. The van der Waals surface area contributed by atoms with Gasteiger partial charge in [0.1, 0.15) is 6.04 Å². The molecule has 0 spiro atoms. The highest BCUT2D eigenvalue weighted by atomic mass is 16.2. The molecule has 3 amide bonds. The highest BCUT2D eigenvalue weighted by molar-refractivity contribution is 6.00. The number of nitrogens with one attached hydrogen (secondary N) is 3. The average molecular weight is 349 g/mol. The van der Waals surface area contributed by atoms with Crippen LogP contribution in [0.2, 0.25) is 0 Å². The SMILES string of the molecule is O=C(Nc1ccc2[nH]ncc2c1)C1CCCN1C(=O)Nc1ccccc1. The van der Waals surface area contributed by atoms with Crippen LogP contribution in [0.3, 0.4) is 0 Å². The Bertz CT molecular complexity index is 937. The Hall–Kier alpha value is -3.35. The second-order valence-corrected chi connectivity index (χ2v) is 6.31. The summed E-state index contributed by atoms with van der Waals surface area (Å²) in [6.07, 6.45) is 3.17. The summed E-state index contributed by atoms with van der Waals surface area (Å²) in [5.74, 6) is -0.173. The molecule has 26 heavy (non-hydrogen) atoms. The van der Waals surface area contributed by atoms with Crippen LogP contribution in [0, 0.1) is 0 Å². The van der Waals surface area contributed by atoms with Crippen molar-refractivity contribution in [2.24, 2.45) is 0 Å². The van der Waals surface area contributed by atoms with Crippen molar-refractivity contribution in [3.63, 3.8) is 0 Å². The number of amides is 3. The third-order valence-electron chi connectivity index (χ3n) is 4.55. The van der Waals surface area contributed by atoms with Gasteiger partial charge in [-0.3, -0.25) is 9.89 Å². The molecule has 3 aromatic rings. The molecule has 0 bridgehead atoms. The van der Waals surface area contributed by atoms with Gasteiger partial charge in [0.25, 0.3) is 0 Å². The summed E-state index contributed by atoms with van der Waals surface area (Å²) in [5, 5.41) is 13.5. The maximum absolute atomic E-state index is 12.7. The molecule has 1 saturated heterocycles. The maximum atomic E-state index is 12.7. The fraction of sp³-hybridized carbons (Fsp3) is 0.211. The first-order chi connectivity index (χ1) is 12.7. The summed E-state index contributed by atoms with van der Waals surface area (Å²) >= 11 is 0. The Morgan fingerprint density at radius 3 is 2.77 bits per heavy atom. The van der Waals surface area contributed by atoms with Gasteiger partial charge in [0.05, 0.1) is 11.7 Å². The van der Waals surface area contributed by atoms with Crippen molar-refractivity contribution in [1.29, 1.82) is 0 Å². The molecule has 0 radical (unpaired) electrons. The van der Waals surface area contributed by atoms with E-state index in [4.69, 9.17) is 0 Å². The van der Waals surface area contributed by atoms with E-state index in [9.17, 15) is 9.59 Å². The van der Waals surface area contributed by atoms with Gasteiger partial charge >= 0.3 is 6.03 Å². The molecule has 1 unspecified atom stereocenters. The van der Waals surface area contributed by atoms with Crippen molar-refractivity contribution >= 4 is 34.2 Å². The number of anilines is 2. The Balaban J connectivity index is 1.45. The Labute approximate surface area is 150 Å². The minimum absolute atomic E-state index is 0.173. The molecule has 4 rings (SSSR count). The normalized spacial score (nSPS) is 16.6. The first-order valence-corrected chi connectivity index (χ1v) is 8.57. The lowest BCUT2D eigenvalue weighted by molar-refractivity contribution is -0.119. The van der Waals surface area contributed by atoms with Gasteiger partial charge in [-0.25, -0.2) is 4.79 Å². The number of H-pyrrole nitrogens is 1. The summed E-state index contributed by atoms with van der Waals surface area (Å²) < 4.78 is 0. The molecule has 132 valence electrons. The minimum atomic E-state index is -0.473. The van der Waals surface area contributed by atoms with Crippen LogP contribution >= 0.6 is 0 Å². The van der Waals surface area contributed by atoms with Crippen molar-refractivity contribution in [1.82, 2.24) is 15.1 Å². The van der Waals surface area contributed by atoms with Gasteiger partial charge in [0.15, 0.2) is 0 Å². The van der Waals surface area contributed by atoms with Gasteiger partial charge in [0, 0.05) is 23.3 Å². The van der Waals surface area contributed by atoms with Crippen LogP contribution in [-0.2, 0) is 4.79 Å². The number of hydrogen-bond donors (Lipinski definition) is 3. The summed E-state index contributed by atoms with van der Waals surface area (Å²) in [6, 6.07) is 14.1. The van der Waals surface area contributed by atoms with E-state index in [0.717, 1.165) is 17.3 Å². The number of benzene rings is 2. The van der Waals surface area contributed by atoms with Crippen LogP contribution in [0.5, 0.6) is 0 Å². The molecule has 0 aliphatic carbocycles. The standard InChI is InChI=1S/C19H19N5O2/c25-18(21-15-8-9-16-13(11-15)12-20-23-16)17-7-4-10-24(17)19(26)22-14-5-2-1-3-6-14/h1-3,5-6,8-9,11-12,17H,4,7,10H2,(H,20,23)(H,21,25)(H,22,26). The summed E-state index contributed by atoms with van der Waals surface area (Å²) in [7, 11) is 0. The second kappa shape index (κ2) is 6.87. The number of likely N-dealkylation sites (tertiary alicyclic amines) is 1. The Morgan fingerprint density at radius 1 is 1.08 bits per heavy atom. The molecule has 1 atom stereocenters. The van der Waals surface area contributed by atoms with E-state index in [0.29, 0.717) is 24.3 Å². The van der Waals surface area contributed by atoms with E-state index in [1.165, 1.54) is 0 Å². The van der Waals surface area contributed by atoms with Crippen molar-refractivity contribution in [3.8, 4) is 0 Å². The number of para-hydroxylation sites is 1. The number of hydrogen-bond acceptors (Lipinski definition) is 3. The summed E-state index contributed by atoms with van der Waals surface area (Å²) in [4.78, 5) is 26.8. The van der Waals surface area contributed by atoms with Gasteiger partial charge in [0.2, 0.25) is 5.91 Å². The van der Waals surface area contributed by atoms with Crippen LogP contribution in [0.1, 0.15) is 12.8 Å². The third-order valence-corrected chi connectivity index (χ3v) is 4.55. The van der Waals surface area contributed by atoms with Crippen LogP contribution in [0.15, 0.2) is 54.7 Å². The van der Waals surface area contributed by atoms with Crippen LogP contribution in [-0.4, -0.2) is 39.6 Å². The van der Waals surface area contributed by atoms with E-state index < -0.39 is 6.04 Å². The van der Waals surface area contributed by atoms with Gasteiger partial charge in [-0.2, -0.15) is 5.10 Å². The van der Waals surface area contributed by atoms with Crippen LogP contribution in [0.4, 0.5) is 16.2 Å². The molecule has 1 aliphatic rings. The lowest BCUT2D eigenvalue weighted by atomic mass is 10.2. The van der Waals surface area contributed by atoms with Gasteiger partial charge in [-0.1, -0.05) is 18.2 Å². The highest BCUT2D eigenvalue weighted by Gasteiger charge is 2.34. The topological polar surface area (TPSA) is 90.1 Å². The first kappa shape index (κ1) is 16.1. The number of rotatable bonds is 3. The van der Waals surface area contributed by atoms with Crippen LogP contribution in [0.25, 0.3) is 10.9 Å². The number of carbonyl (C=O) groups excluding carboxylic acids is 2. The number of aromatic amines is 1. The zero-order valence-electron chi connectivity index (χ0n) is 14.1. The Kier molecular flexibility index (Phi) is 4.27. The van der Waals surface area contributed by atoms with Crippen molar-refractivity contribution in [2.75, 3.05) is 17.2 Å². The Morgan fingerprint density at radius 2 is 1.92 bits per heavy atom. The number of urea groups is 1. The van der Waals surface area contributed by atoms with Gasteiger partial charge in [-0.15, -0.1) is 0 Å². The summed E-state index contributed by atoms with van der Waals surface area (Å²) in [6.45, 7) is 0.567. The molecular weight excluding hydrogens is 330 g/mol. The van der Waals surface area contributed by atoms with E-state index in [-0.39, 0.29) is 11.9 Å². The third kappa shape index (κ3) is 3.23. The van der Waals surface area contributed by atoms with Crippen molar-refractivity contribution in [2.45, 2.75) is 18.9 Å².